The molecule has 0 atom stereocenters. The van der Waals surface area contributed by atoms with Crippen molar-refractivity contribution >= 4 is 51.6 Å². The number of ether oxygens (including phenoxy) is 1. The van der Waals surface area contributed by atoms with Crippen LogP contribution in [0.1, 0.15) is 16.7 Å². The first-order valence-corrected chi connectivity index (χ1v) is 11.1. The van der Waals surface area contributed by atoms with Crippen molar-refractivity contribution in [3.05, 3.63) is 76.3 Å². The van der Waals surface area contributed by atoms with Crippen LogP contribution in [-0.2, 0) is 4.79 Å². The van der Waals surface area contributed by atoms with Crippen LogP contribution in [0.25, 0.3) is 22.4 Å². The van der Waals surface area contributed by atoms with Crippen LogP contribution in [-0.4, -0.2) is 27.6 Å². The topological polar surface area (TPSA) is 79.0 Å². The summed E-state index contributed by atoms with van der Waals surface area (Å²) in [5.74, 6) is 1.09. The van der Waals surface area contributed by atoms with Crippen molar-refractivity contribution in [3.63, 3.8) is 0 Å². The predicted octanol–water partition coefficient (Wildman–Crippen LogP) is 5.70. The third-order valence-electron chi connectivity index (χ3n) is 5.12. The Morgan fingerprint density at radius 1 is 1.06 bits per heavy atom. The molecule has 4 aromatic rings. The Morgan fingerprint density at radius 3 is 2.55 bits per heavy atom. The monoisotopic (exact) mass is 478 g/mol. The van der Waals surface area contributed by atoms with Gasteiger partial charge < -0.3 is 15.0 Å². The van der Waals surface area contributed by atoms with Gasteiger partial charge in [-0.3, -0.25) is 10.1 Å². The Morgan fingerprint density at radius 2 is 1.82 bits per heavy atom. The van der Waals surface area contributed by atoms with Crippen molar-refractivity contribution in [1.29, 1.82) is 0 Å². The summed E-state index contributed by atoms with van der Waals surface area (Å²) in [6.07, 6.45) is 0. The molecule has 3 aromatic carbocycles. The van der Waals surface area contributed by atoms with E-state index in [-0.39, 0.29) is 17.6 Å². The molecule has 8 heteroatoms. The van der Waals surface area contributed by atoms with Crippen molar-refractivity contribution in [2.75, 3.05) is 11.9 Å². The summed E-state index contributed by atoms with van der Waals surface area (Å²) >= 11 is 11.5. The number of aromatic amines is 1. The Balaban J connectivity index is 1.33. The number of H-pyrrole nitrogens is 1. The number of carbonyl (C=O) groups excluding carboxylic acids is 1. The zero-order chi connectivity index (χ0) is 23.5. The van der Waals surface area contributed by atoms with Gasteiger partial charge in [0.05, 0.1) is 11.0 Å². The maximum Gasteiger partial charge on any atom is 0.264 e. The second kappa shape index (κ2) is 9.60. The molecule has 0 fully saturated rings. The van der Waals surface area contributed by atoms with E-state index < -0.39 is 0 Å². The van der Waals surface area contributed by atoms with Gasteiger partial charge in [0.15, 0.2) is 11.7 Å². The number of rotatable bonds is 5. The summed E-state index contributed by atoms with van der Waals surface area (Å²) in [6, 6.07) is 17.2. The molecule has 0 aliphatic rings. The lowest BCUT2D eigenvalue weighted by Gasteiger charge is -2.12. The van der Waals surface area contributed by atoms with Gasteiger partial charge in [-0.15, -0.1) is 0 Å². The van der Waals surface area contributed by atoms with Crippen LogP contribution >= 0.6 is 23.8 Å². The molecule has 6 nitrogen and oxygen atoms in total. The van der Waals surface area contributed by atoms with Crippen LogP contribution in [0.3, 0.4) is 0 Å². The molecular formula is C25H23ClN4O2S. The van der Waals surface area contributed by atoms with Gasteiger partial charge in [0.1, 0.15) is 11.6 Å². The predicted molar refractivity (Wildman–Crippen MR) is 137 cm³/mol. The van der Waals surface area contributed by atoms with Crippen molar-refractivity contribution in [2.24, 2.45) is 0 Å². The van der Waals surface area contributed by atoms with Crippen LogP contribution in [0, 0.1) is 20.8 Å². The second-order valence-electron chi connectivity index (χ2n) is 7.84. The largest absolute Gasteiger partial charge is 0.483 e. The van der Waals surface area contributed by atoms with Gasteiger partial charge in [-0.2, -0.15) is 0 Å². The van der Waals surface area contributed by atoms with E-state index in [1.807, 2.05) is 75.4 Å². The number of thiocarbonyl (C=S) groups is 1. The van der Waals surface area contributed by atoms with Gasteiger partial charge in [0.2, 0.25) is 0 Å². The number of halogens is 1. The lowest BCUT2D eigenvalue weighted by atomic mass is 10.1. The minimum Gasteiger partial charge on any atom is -0.483 e. The number of carbonyl (C=O) groups is 1. The quantitative estimate of drug-likeness (QED) is 0.321. The Hall–Kier alpha value is -3.42. The molecule has 168 valence electrons. The van der Waals surface area contributed by atoms with E-state index in [9.17, 15) is 4.79 Å². The maximum atomic E-state index is 12.2. The van der Waals surface area contributed by atoms with E-state index in [4.69, 9.17) is 28.6 Å². The maximum absolute atomic E-state index is 12.2. The fourth-order valence-electron chi connectivity index (χ4n) is 3.42. The molecule has 4 rings (SSSR count). The minimum absolute atomic E-state index is 0.125. The summed E-state index contributed by atoms with van der Waals surface area (Å²) in [7, 11) is 0. The molecule has 0 radical (unpaired) electrons. The van der Waals surface area contributed by atoms with Crippen molar-refractivity contribution < 1.29 is 9.53 Å². The van der Waals surface area contributed by atoms with E-state index in [0.29, 0.717) is 10.8 Å². The Kier molecular flexibility index (Phi) is 6.62. The van der Waals surface area contributed by atoms with Gasteiger partial charge in [0, 0.05) is 16.3 Å². The van der Waals surface area contributed by atoms with E-state index >= 15 is 0 Å². The van der Waals surface area contributed by atoms with Gasteiger partial charge in [-0.1, -0.05) is 29.3 Å². The summed E-state index contributed by atoms with van der Waals surface area (Å²) in [5.41, 5.74) is 6.52. The first kappa shape index (κ1) is 22.8. The first-order valence-electron chi connectivity index (χ1n) is 10.4. The van der Waals surface area contributed by atoms with Crippen LogP contribution in [0.2, 0.25) is 5.02 Å². The summed E-state index contributed by atoms with van der Waals surface area (Å²) in [5, 5.41) is 6.53. The summed E-state index contributed by atoms with van der Waals surface area (Å²) in [6.45, 7) is 5.78. The molecule has 1 heterocycles. The lowest BCUT2D eigenvalue weighted by molar-refractivity contribution is -0.121. The number of fused-ring (bicyclic) bond motifs is 1. The van der Waals surface area contributed by atoms with Gasteiger partial charge in [-0.05, 0) is 86.6 Å². The van der Waals surface area contributed by atoms with Crippen LogP contribution in [0.4, 0.5) is 5.69 Å². The van der Waals surface area contributed by atoms with E-state index in [0.717, 1.165) is 44.8 Å². The third kappa shape index (κ3) is 5.50. The van der Waals surface area contributed by atoms with E-state index in [1.54, 1.807) is 0 Å². The fourth-order valence-corrected chi connectivity index (χ4v) is 3.81. The number of hydrogen-bond donors (Lipinski definition) is 3. The molecule has 1 aromatic heterocycles. The van der Waals surface area contributed by atoms with Crippen molar-refractivity contribution in [1.82, 2.24) is 15.3 Å². The highest BCUT2D eigenvalue weighted by Gasteiger charge is 2.10. The number of anilines is 1. The van der Waals surface area contributed by atoms with Crippen molar-refractivity contribution in [3.8, 4) is 17.1 Å². The Bertz CT molecular complexity index is 1310. The normalized spacial score (nSPS) is 10.8. The SMILES string of the molecule is Cc1ccc(OCC(=O)NC(=S)Nc2ccc(-c3nc4cc(Cl)c(C)cc4[nH]3)cc2)c(C)c1. The second-order valence-corrected chi connectivity index (χ2v) is 8.66. The standard InChI is InChI=1S/C25H23ClN4O2S/c1-14-4-9-22(16(3)10-14)32-13-23(31)30-25(33)27-18-7-5-17(6-8-18)24-28-20-11-15(2)19(26)12-21(20)29-24/h4-12H,13H2,1-3H3,(H,28,29)(H2,27,30,31,33). The minimum atomic E-state index is -0.333. The highest BCUT2D eigenvalue weighted by Crippen LogP contribution is 2.26. The highest BCUT2D eigenvalue weighted by molar-refractivity contribution is 7.80. The molecular weight excluding hydrogens is 456 g/mol. The third-order valence-corrected chi connectivity index (χ3v) is 5.73. The number of nitrogens with zero attached hydrogens (tertiary/aromatic N) is 1. The smallest absolute Gasteiger partial charge is 0.264 e. The van der Waals surface area contributed by atoms with Crippen LogP contribution in [0.5, 0.6) is 5.75 Å². The zero-order valence-corrected chi connectivity index (χ0v) is 20.0. The van der Waals surface area contributed by atoms with E-state index in [2.05, 4.69) is 20.6 Å². The average molecular weight is 479 g/mol. The number of nitrogens with one attached hydrogen (secondary N) is 3. The summed E-state index contributed by atoms with van der Waals surface area (Å²) < 4.78 is 5.59. The van der Waals surface area contributed by atoms with Gasteiger partial charge >= 0.3 is 0 Å². The summed E-state index contributed by atoms with van der Waals surface area (Å²) in [4.78, 5) is 20.1. The van der Waals surface area contributed by atoms with E-state index in [1.165, 1.54) is 0 Å². The molecule has 3 N–H and O–H groups in total. The van der Waals surface area contributed by atoms with Crippen LogP contribution in [0.15, 0.2) is 54.6 Å². The van der Waals surface area contributed by atoms with Crippen molar-refractivity contribution in [2.45, 2.75) is 20.8 Å². The first-order chi connectivity index (χ1) is 15.8. The highest BCUT2D eigenvalue weighted by atomic mass is 35.5. The van der Waals surface area contributed by atoms with Gasteiger partial charge in [-0.25, -0.2) is 4.98 Å². The molecule has 0 saturated heterocycles. The van der Waals surface area contributed by atoms with Crippen LogP contribution < -0.4 is 15.4 Å². The number of hydrogen-bond acceptors (Lipinski definition) is 4. The molecule has 0 unspecified atom stereocenters. The average Bonchev–Trinajstić information content (AvgIpc) is 3.16. The molecule has 0 spiro atoms. The van der Waals surface area contributed by atoms with Gasteiger partial charge in [0.25, 0.3) is 5.91 Å². The Labute approximate surface area is 202 Å². The molecule has 33 heavy (non-hydrogen) atoms. The fraction of sp³-hybridized carbons (Fsp3) is 0.160. The number of aryl methyl sites for hydroxylation is 3. The lowest BCUT2D eigenvalue weighted by Crippen LogP contribution is -2.37. The number of aromatic nitrogens is 2. The molecule has 0 bridgehead atoms. The molecule has 0 aliphatic heterocycles. The number of amides is 1. The molecule has 0 saturated carbocycles. The zero-order valence-electron chi connectivity index (χ0n) is 18.5. The number of benzene rings is 3. The molecule has 0 aliphatic carbocycles. The number of imidazole rings is 1. The molecule has 1 amide bonds.